The Kier molecular flexibility index (Phi) is 8.28. The van der Waals surface area contributed by atoms with E-state index in [0.29, 0.717) is 37.6 Å². The van der Waals surface area contributed by atoms with Gasteiger partial charge in [0.05, 0.1) is 14.2 Å². The molecule has 0 aliphatic heterocycles. The van der Waals surface area contributed by atoms with Gasteiger partial charge in [-0.3, -0.25) is 9.59 Å². The Hall–Kier alpha value is -2.90. The Morgan fingerprint density at radius 2 is 1.78 bits per heavy atom. The van der Waals surface area contributed by atoms with Gasteiger partial charge in [0.1, 0.15) is 5.75 Å². The van der Waals surface area contributed by atoms with Crippen LogP contribution in [-0.4, -0.2) is 42.8 Å². The number of ether oxygens (including phenoxy) is 2. The normalized spacial score (nSPS) is 10.4. The zero-order valence-electron chi connectivity index (χ0n) is 15.7. The molecular weight excluding hydrogens is 350 g/mol. The minimum absolute atomic E-state index is 0.117. The molecule has 0 aliphatic carbocycles. The van der Waals surface area contributed by atoms with Gasteiger partial charge in [-0.2, -0.15) is 0 Å². The molecule has 1 aromatic carbocycles. The number of nitrogens with one attached hydrogen (secondary N) is 1. The van der Waals surface area contributed by atoms with Gasteiger partial charge in [-0.05, 0) is 24.5 Å². The predicted molar refractivity (Wildman–Crippen MR) is 97.3 cm³/mol. The van der Waals surface area contributed by atoms with Crippen LogP contribution in [0.1, 0.15) is 36.6 Å². The highest BCUT2D eigenvalue weighted by atomic mass is 16.5. The first kappa shape index (κ1) is 20.4. The summed E-state index contributed by atoms with van der Waals surface area (Å²) in [5.74, 6) is 1.41. The molecule has 0 spiro atoms. The molecule has 8 heteroatoms. The first-order valence-electron chi connectivity index (χ1n) is 8.89. The lowest BCUT2D eigenvalue weighted by molar-refractivity contribution is -0.140. The largest absolute Gasteiger partial charge is 0.496 e. The van der Waals surface area contributed by atoms with E-state index in [0.717, 1.165) is 17.7 Å². The Labute approximate surface area is 158 Å². The average molecular weight is 375 g/mol. The van der Waals surface area contributed by atoms with E-state index in [1.165, 1.54) is 7.11 Å². The van der Waals surface area contributed by atoms with Crippen LogP contribution in [0, 0.1) is 0 Å². The zero-order chi connectivity index (χ0) is 19.5. The highest BCUT2D eigenvalue weighted by Gasteiger charge is 2.10. The summed E-state index contributed by atoms with van der Waals surface area (Å²) in [5, 5.41) is 10.8. The van der Waals surface area contributed by atoms with Gasteiger partial charge in [0, 0.05) is 32.2 Å². The quantitative estimate of drug-likeness (QED) is 0.472. The first-order valence-corrected chi connectivity index (χ1v) is 8.89. The molecule has 1 amide bonds. The molecule has 8 nitrogen and oxygen atoms in total. The van der Waals surface area contributed by atoms with Crippen LogP contribution in [0.15, 0.2) is 28.7 Å². The lowest BCUT2D eigenvalue weighted by atomic mass is 10.1. The number of carbonyl (C=O) groups excluding carboxylic acids is 2. The van der Waals surface area contributed by atoms with Gasteiger partial charge in [-0.25, -0.2) is 0 Å². The number of hydrogen-bond donors (Lipinski definition) is 1. The average Bonchev–Trinajstić information content (AvgIpc) is 3.16. The fourth-order valence-corrected chi connectivity index (χ4v) is 2.51. The molecule has 146 valence electrons. The van der Waals surface area contributed by atoms with Crippen LogP contribution in [-0.2, 0) is 33.6 Å². The molecule has 0 saturated carbocycles. The second-order valence-corrected chi connectivity index (χ2v) is 5.93. The Morgan fingerprint density at radius 3 is 2.52 bits per heavy atom. The Balaban J connectivity index is 1.69. The molecule has 2 rings (SSSR count). The topological polar surface area (TPSA) is 104 Å². The van der Waals surface area contributed by atoms with E-state index >= 15 is 0 Å². The minimum atomic E-state index is -0.282. The van der Waals surface area contributed by atoms with E-state index in [1.54, 1.807) is 7.11 Å². The van der Waals surface area contributed by atoms with E-state index in [9.17, 15) is 9.59 Å². The smallest absolute Gasteiger partial charge is 0.305 e. The lowest BCUT2D eigenvalue weighted by Crippen LogP contribution is -2.25. The van der Waals surface area contributed by atoms with Crippen molar-refractivity contribution >= 4 is 11.9 Å². The summed E-state index contributed by atoms with van der Waals surface area (Å²) in [4.78, 5) is 22.8. The van der Waals surface area contributed by atoms with Crippen LogP contribution in [0.25, 0.3) is 0 Å². The standard InChI is InChI=1S/C19H25N3O5/c1-25-15-7-4-3-6-14(15)9-11-17-21-22-18(27-17)12-10-16(23)20-13-5-8-19(24)26-2/h3-4,6-7H,5,8-13H2,1-2H3,(H,20,23). The number of aryl methyl sites for hydroxylation is 3. The van der Waals surface area contributed by atoms with Crippen LogP contribution in [0.5, 0.6) is 5.75 Å². The van der Waals surface area contributed by atoms with E-state index in [2.05, 4.69) is 20.3 Å². The van der Waals surface area contributed by atoms with Gasteiger partial charge in [0.2, 0.25) is 17.7 Å². The number of esters is 1. The fourth-order valence-electron chi connectivity index (χ4n) is 2.51. The van der Waals surface area contributed by atoms with Crippen LogP contribution < -0.4 is 10.1 Å². The SMILES string of the molecule is COC(=O)CCCNC(=O)CCc1nnc(CCc2ccccc2OC)o1. The Morgan fingerprint density at radius 1 is 1.04 bits per heavy atom. The number of rotatable bonds is 11. The van der Waals surface area contributed by atoms with Gasteiger partial charge in [0.25, 0.3) is 0 Å². The maximum Gasteiger partial charge on any atom is 0.305 e. The minimum Gasteiger partial charge on any atom is -0.496 e. The molecule has 0 atom stereocenters. The summed E-state index contributed by atoms with van der Waals surface area (Å²) in [6, 6.07) is 7.80. The van der Waals surface area contributed by atoms with Crippen molar-refractivity contribution in [3.63, 3.8) is 0 Å². The van der Waals surface area contributed by atoms with Crippen LogP contribution in [0.4, 0.5) is 0 Å². The molecule has 0 bridgehead atoms. The van der Waals surface area contributed by atoms with Crippen LogP contribution >= 0.6 is 0 Å². The number of hydrogen-bond acceptors (Lipinski definition) is 7. The van der Waals surface area contributed by atoms with E-state index in [4.69, 9.17) is 9.15 Å². The predicted octanol–water partition coefficient (Wildman–Crippen LogP) is 1.87. The van der Waals surface area contributed by atoms with Crippen molar-refractivity contribution in [2.75, 3.05) is 20.8 Å². The van der Waals surface area contributed by atoms with Crippen molar-refractivity contribution in [1.82, 2.24) is 15.5 Å². The van der Waals surface area contributed by atoms with Gasteiger partial charge >= 0.3 is 5.97 Å². The summed E-state index contributed by atoms with van der Waals surface area (Å²) >= 11 is 0. The van der Waals surface area contributed by atoms with Gasteiger partial charge in [-0.1, -0.05) is 18.2 Å². The molecule has 1 aromatic heterocycles. The summed E-state index contributed by atoms with van der Waals surface area (Å²) in [5.41, 5.74) is 1.08. The molecule has 0 aliphatic rings. The number of aromatic nitrogens is 2. The summed E-state index contributed by atoms with van der Waals surface area (Å²) in [6.07, 6.45) is 2.80. The highest BCUT2D eigenvalue weighted by molar-refractivity contribution is 5.76. The number of carbonyl (C=O) groups is 2. The molecule has 1 heterocycles. The summed E-state index contributed by atoms with van der Waals surface area (Å²) in [6.45, 7) is 0.432. The van der Waals surface area contributed by atoms with E-state index in [-0.39, 0.29) is 24.7 Å². The van der Waals surface area contributed by atoms with Gasteiger partial charge in [0.15, 0.2) is 0 Å². The van der Waals surface area contributed by atoms with Crippen molar-refractivity contribution in [3.8, 4) is 5.75 Å². The van der Waals surface area contributed by atoms with Crippen molar-refractivity contribution in [2.45, 2.75) is 38.5 Å². The van der Waals surface area contributed by atoms with Crippen LogP contribution in [0.2, 0.25) is 0 Å². The van der Waals surface area contributed by atoms with Crippen molar-refractivity contribution in [1.29, 1.82) is 0 Å². The molecule has 0 radical (unpaired) electrons. The maximum atomic E-state index is 11.8. The third-order valence-corrected chi connectivity index (χ3v) is 3.98. The Bertz CT molecular complexity index is 744. The summed E-state index contributed by atoms with van der Waals surface area (Å²) in [7, 11) is 2.99. The number of benzene rings is 1. The molecule has 1 N–H and O–H groups in total. The fraction of sp³-hybridized carbons (Fsp3) is 0.474. The van der Waals surface area contributed by atoms with Gasteiger partial charge < -0.3 is 19.2 Å². The third kappa shape index (κ3) is 7.08. The first-order chi connectivity index (χ1) is 13.1. The zero-order valence-corrected chi connectivity index (χ0v) is 15.7. The molecule has 0 fully saturated rings. The van der Waals surface area contributed by atoms with Crippen molar-refractivity contribution in [3.05, 3.63) is 41.6 Å². The monoisotopic (exact) mass is 375 g/mol. The van der Waals surface area contributed by atoms with E-state index in [1.807, 2.05) is 24.3 Å². The third-order valence-electron chi connectivity index (χ3n) is 3.98. The lowest BCUT2D eigenvalue weighted by Gasteiger charge is -2.06. The summed E-state index contributed by atoms with van der Waals surface area (Å²) < 4.78 is 15.5. The highest BCUT2D eigenvalue weighted by Crippen LogP contribution is 2.19. The molecule has 2 aromatic rings. The molecular formula is C19H25N3O5. The second-order valence-electron chi connectivity index (χ2n) is 5.93. The number of para-hydroxylation sites is 1. The van der Waals surface area contributed by atoms with Crippen molar-refractivity contribution in [2.24, 2.45) is 0 Å². The van der Waals surface area contributed by atoms with Crippen LogP contribution in [0.3, 0.4) is 0 Å². The maximum absolute atomic E-state index is 11.8. The molecule has 0 unspecified atom stereocenters. The van der Waals surface area contributed by atoms with Crippen molar-refractivity contribution < 1.29 is 23.5 Å². The van der Waals surface area contributed by atoms with E-state index < -0.39 is 0 Å². The molecule has 0 saturated heterocycles. The molecule has 27 heavy (non-hydrogen) atoms. The number of nitrogens with zero attached hydrogens (tertiary/aromatic N) is 2. The van der Waals surface area contributed by atoms with Gasteiger partial charge in [-0.15, -0.1) is 10.2 Å². The second kappa shape index (κ2) is 10.9. The number of methoxy groups -OCH3 is 2. The number of amides is 1.